The molecule has 1 aliphatic rings. The van der Waals surface area contributed by atoms with Crippen LogP contribution in [0.2, 0.25) is 0 Å². The van der Waals surface area contributed by atoms with E-state index in [0.29, 0.717) is 5.69 Å². The Morgan fingerprint density at radius 3 is 2.56 bits per heavy atom. The van der Waals surface area contributed by atoms with Crippen molar-refractivity contribution in [3.63, 3.8) is 0 Å². The summed E-state index contributed by atoms with van der Waals surface area (Å²) in [6.07, 6.45) is 2.01. The summed E-state index contributed by atoms with van der Waals surface area (Å²) in [7, 11) is 0. The Morgan fingerprint density at radius 2 is 2.06 bits per heavy atom. The van der Waals surface area contributed by atoms with Gasteiger partial charge >= 0.3 is 5.97 Å². The zero-order chi connectivity index (χ0) is 11.9. The Bertz CT molecular complexity index is 436. The Morgan fingerprint density at radius 1 is 1.44 bits per heavy atom. The summed E-state index contributed by atoms with van der Waals surface area (Å²) in [6.45, 7) is 3.90. The van der Waals surface area contributed by atoms with E-state index in [9.17, 15) is 9.90 Å². The lowest BCUT2D eigenvalue weighted by Crippen LogP contribution is -2.16. The number of carbonyl (C=O) groups is 1. The molecule has 1 unspecified atom stereocenters. The van der Waals surface area contributed by atoms with E-state index >= 15 is 0 Å². The number of hydrogen-bond donors (Lipinski definition) is 2. The third-order valence-corrected chi connectivity index (χ3v) is 3.26. The van der Waals surface area contributed by atoms with Crippen molar-refractivity contribution in [2.75, 3.05) is 5.73 Å². The smallest absolute Gasteiger partial charge is 0.311 e. The normalized spacial score (nSPS) is 17.1. The van der Waals surface area contributed by atoms with Crippen LogP contribution in [-0.4, -0.2) is 11.1 Å². The highest BCUT2D eigenvalue weighted by Gasteiger charge is 2.38. The van der Waals surface area contributed by atoms with Gasteiger partial charge in [0, 0.05) is 5.69 Å². The first-order chi connectivity index (χ1) is 7.50. The SMILES string of the molecule is Cc1cc(C)c(N)c(C(C(=O)O)C2CC2)c1. The van der Waals surface area contributed by atoms with Gasteiger partial charge in [0.25, 0.3) is 0 Å². The molecule has 3 nitrogen and oxygen atoms in total. The molecule has 0 radical (unpaired) electrons. The summed E-state index contributed by atoms with van der Waals surface area (Å²) in [6, 6.07) is 3.91. The minimum Gasteiger partial charge on any atom is -0.481 e. The third-order valence-electron chi connectivity index (χ3n) is 3.26. The van der Waals surface area contributed by atoms with E-state index in [4.69, 9.17) is 5.73 Å². The minimum absolute atomic E-state index is 0.279. The first-order valence-corrected chi connectivity index (χ1v) is 5.60. The van der Waals surface area contributed by atoms with Crippen LogP contribution in [0.5, 0.6) is 0 Å². The molecule has 1 aromatic carbocycles. The second-order valence-corrected chi connectivity index (χ2v) is 4.74. The van der Waals surface area contributed by atoms with Gasteiger partial charge in [-0.3, -0.25) is 4.79 Å². The molecule has 0 spiro atoms. The van der Waals surface area contributed by atoms with Gasteiger partial charge in [0.2, 0.25) is 0 Å². The standard InChI is InChI=1S/C13H17NO2/c1-7-5-8(2)12(14)10(6-7)11(13(15)16)9-3-4-9/h5-6,9,11H,3-4,14H2,1-2H3,(H,15,16). The first kappa shape index (κ1) is 11.0. The summed E-state index contributed by atoms with van der Waals surface area (Å²) in [5.41, 5.74) is 9.49. The molecule has 1 saturated carbocycles. The van der Waals surface area contributed by atoms with Gasteiger partial charge in [0.05, 0.1) is 5.92 Å². The fourth-order valence-corrected chi connectivity index (χ4v) is 2.29. The zero-order valence-corrected chi connectivity index (χ0v) is 9.66. The predicted molar refractivity (Wildman–Crippen MR) is 63.4 cm³/mol. The van der Waals surface area contributed by atoms with Gasteiger partial charge in [-0.1, -0.05) is 17.7 Å². The van der Waals surface area contributed by atoms with Gasteiger partial charge in [0.1, 0.15) is 0 Å². The second kappa shape index (κ2) is 3.81. The number of rotatable bonds is 3. The molecule has 1 aliphatic carbocycles. The van der Waals surface area contributed by atoms with Gasteiger partial charge in [0.15, 0.2) is 0 Å². The van der Waals surface area contributed by atoms with Crippen molar-refractivity contribution >= 4 is 11.7 Å². The van der Waals surface area contributed by atoms with Crippen LogP contribution in [0.15, 0.2) is 12.1 Å². The van der Waals surface area contributed by atoms with Crippen molar-refractivity contribution in [1.29, 1.82) is 0 Å². The Balaban J connectivity index is 2.48. The Kier molecular flexibility index (Phi) is 2.62. The van der Waals surface area contributed by atoms with E-state index in [1.165, 1.54) is 0 Å². The number of hydrogen-bond acceptors (Lipinski definition) is 2. The molecule has 0 heterocycles. The van der Waals surface area contributed by atoms with E-state index < -0.39 is 11.9 Å². The number of carboxylic acid groups (broad SMARTS) is 1. The minimum atomic E-state index is -0.751. The lowest BCUT2D eigenvalue weighted by atomic mass is 9.90. The molecule has 0 bridgehead atoms. The van der Waals surface area contributed by atoms with E-state index in [1.54, 1.807) is 0 Å². The quantitative estimate of drug-likeness (QED) is 0.767. The van der Waals surface area contributed by atoms with Crippen molar-refractivity contribution in [2.24, 2.45) is 5.92 Å². The first-order valence-electron chi connectivity index (χ1n) is 5.60. The number of nitrogens with two attached hydrogens (primary N) is 1. The molecular formula is C13H17NO2. The Hall–Kier alpha value is -1.51. The van der Waals surface area contributed by atoms with Crippen LogP contribution in [0.3, 0.4) is 0 Å². The number of benzene rings is 1. The molecular weight excluding hydrogens is 202 g/mol. The lowest BCUT2D eigenvalue weighted by Gasteiger charge is -2.16. The molecule has 3 heteroatoms. The molecule has 1 fully saturated rings. The summed E-state index contributed by atoms with van der Waals surface area (Å²) < 4.78 is 0. The number of aryl methyl sites for hydroxylation is 2. The zero-order valence-electron chi connectivity index (χ0n) is 9.66. The van der Waals surface area contributed by atoms with Crippen molar-refractivity contribution < 1.29 is 9.90 Å². The molecule has 0 saturated heterocycles. The summed E-state index contributed by atoms with van der Waals surface area (Å²) in [5, 5.41) is 9.29. The lowest BCUT2D eigenvalue weighted by molar-refractivity contribution is -0.139. The van der Waals surface area contributed by atoms with E-state index in [0.717, 1.165) is 29.5 Å². The maximum atomic E-state index is 11.3. The fraction of sp³-hybridized carbons (Fsp3) is 0.462. The molecule has 16 heavy (non-hydrogen) atoms. The fourth-order valence-electron chi connectivity index (χ4n) is 2.29. The van der Waals surface area contributed by atoms with Crippen molar-refractivity contribution in [1.82, 2.24) is 0 Å². The maximum Gasteiger partial charge on any atom is 0.311 e. The van der Waals surface area contributed by atoms with Crippen LogP contribution in [0, 0.1) is 19.8 Å². The topological polar surface area (TPSA) is 63.3 Å². The maximum absolute atomic E-state index is 11.3. The molecule has 1 atom stereocenters. The van der Waals surface area contributed by atoms with Gasteiger partial charge < -0.3 is 10.8 Å². The van der Waals surface area contributed by atoms with Crippen LogP contribution in [0.25, 0.3) is 0 Å². The average Bonchev–Trinajstić information content (AvgIpc) is 2.97. The van der Waals surface area contributed by atoms with Gasteiger partial charge in [-0.05, 0) is 43.7 Å². The molecule has 0 aromatic heterocycles. The van der Waals surface area contributed by atoms with Crippen molar-refractivity contribution in [3.05, 3.63) is 28.8 Å². The summed E-state index contributed by atoms with van der Waals surface area (Å²) in [4.78, 5) is 11.3. The van der Waals surface area contributed by atoms with Crippen LogP contribution in [-0.2, 0) is 4.79 Å². The van der Waals surface area contributed by atoms with Gasteiger partial charge in [-0.25, -0.2) is 0 Å². The second-order valence-electron chi connectivity index (χ2n) is 4.74. The number of aliphatic carboxylic acids is 1. The number of anilines is 1. The summed E-state index contributed by atoms with van der Waals surface area (Å²) >= 11 is 0. The molecule has 0 amide bonds. The average molecular weight is 219 g/mol. The van der Waals surface area contributed by atoms with Crippen LogP contribution in [0.1, 0.15) is 35.4 Å². The highest BCUT2D eigenvalue weighted by molar-refractivity contribution is 5.80. The highest BCUT2D eigenvalue weighted by atomic mass is 16.4. The van der Waals surface area contributed by atoms with Gasteiger partial charge in [-0.2, -0.15) is 0 Å². The molecule has 0 aliphatic heterocycles. The predicted octanol–water partition coefficient (Wildman–Crippen LogP) is 2.46. The number of carboxylic acids is 1. The van der Waals surface area contributed by atoms with Crippen molar-refractivity contribution in [3.8, 4) is 0 Å². The van der Waals surface area contributed by atoms with E-state index in [2.05, 4.69) is 0 Å². The molecule has 2 rings (SSSR count). The third kappa shape index (κ3) is 1.90. The van der Waals surface area contributed by atoms with E-state index in [-0.39, 0.29) is 5.92 Å². The number of nitrogen functional groups attached to an aromatic ring is 1. The molecule has 1 aromatic rings. The molecule has 86 valence electrons. The monoisotopic (exact) mass is 219 g/mol. The summed E-state index contributed by atoms with van der Waals surface area (Å²) in [5.74, 6) is -0.890. The molecule has 3 N–H and O–H groups in total. The van der Waals surface area contributed by atoms with E-state index in [1.807, 2.05) is 26.0 Å². The largest absolute Gasteiger partial charge is 0.481 e. The Labute approximate surface area is 95.3 Å². The highest BCUT2D eigenvalue weighted by Crippen LogP contribution is 2.45. The van der Waals surface area contributed by atoms with Crippen molar-refractivity contribution in [2.45, 2.75) is 32.6 Å². The van der Waals surface area contributed by atoms with Crippen LogP contribution < -0.4 is 5.73 Å². The van der Waals surface area contributed by atoms with Gasteiger partial charge in [-0.15, -0.1) is 0 Å². The van der Waals surface area contributed by atoms with Crippen LogP contribution >= 0.6 is 0 Å². The van der Waals surface area contributed by atoms with Crippen LogP contribution in [0.4, 0.5) is 5.69 Å².